The Balaban J connectivity index is 1.92. The van der Waals surface area contributed by atoms with Crippen molar-refractivity contribution in [2.24, 2.45) is 0 Å². The van der Waals surface area contributed by atoms with E-state index in [0.29, 0.717) is 16.3 Å². The molecule has 2 heterocycles. The number of halogens is 1. The molecule has 1 aromatic heterocycles. The highest BCUT2D eigenvalue weighted by Gasteiger charge is 2.27. The Morgan fingerprint density at radius 3 is 2.74 bits per heavy atom. The first-order valence-electron chi connectivity index (χ1n) is 6.86. The molecular weight excluding hydrogens is 308 g/mol. The zero-order valence-corrected chi connectivity index (χ0v) is 13.1. The van der Waals surface area contributed by atoms with Gasteiger partial charge in [-0.3, -0.25) is 4.79 Å². The van der Waals surface area contributed by atoms with Gasteiger partial charge in [0.25, 0.3) is 5.91 Å². The van der Waals surface area contributed by atoms with Gasteiger partial charge in [-0.15, -0.1) is 0 Å². The Hall–Kier alpha value is -0.810. The van der Waals surface area contributed by atoms with E-state index < -0.39 is 0 Å². The highest BCUT2D eigenvalue weighted by Crippen LogP contribution is 2.22. The maximum absolute atomic E-state index is 12.4. The molecule has 2 rings (SSSR count). The van der Waals surface area contributed by atoms with Gasteiger partial charge in [-0.1, -0.05) is 6.92 Å². The molecule has 1 aromatic rings. The molecule has 0 N–H and O–H groups in total. The maximum atomic E-state index is 12.4. The van der Waals surface area contributed by atoms with E-state index >= 15 is 0 Å². The first-order chi connectivity index (χ1) is 9.13. The minimum absolute atomic E-state index is 0.0366. The fraction of sp³-hybridized carbons (Fsp3) is 0.643. The second-order valence-electron chi connectivity index (χ2n) is 5.10. The van der Waals surface area contributed by atoms with Gasteiger partial charge in [0.2, 0.25) is 0 Å². The Bertz CT molecular complexity index is 425. The molecular formula is C14H21BrN2O2. The Morgan fingerprint density at radius 1 is 1.53 bits per heavy atom. The number of carbonyl (C=O) groups excluding carboxylic acids is 1. The highest BCUT2D eigenvalue weighted by molar-refractivity contribution is 9.10. The lowest BCUT2D eigenvalue weighted by Gasteiger charge is -2.36. The number of piperidine rings is 1. The third-order valence-corrected chi connectivity index (χ3v) is 4.43. The van der Waals surface area contributed by atoms with Crippen molar-refractivity contribution in [1.29, 1.82) is 0 Å². The topological polar surface area (TPSA) is 36.7 Å². The van der Waals surface area contributed by atoms with E-state index in [1.54, 1.807) is 6.07 Å². The van der Waals surface area contributed by atoms with Crippen molar-refractivity contribution in [3.05, 3.63) is 22.6 Å². The van der Waals surface area contributed by atoms with Gasteiger partial charge in [-0.05, 0) is 47.8 Å². The molecule has 5 heteroatoms. The second kappa shape index (κ2) is 6.57. The first-order valence-corrected chi connectivity index (χ1v) is 7.65. The van der Waals surface area contributed by atoms with Crippen LogP contribution in [0.4, 0.5) is 0 Å². The largest absolute Gasteiger partial charge is 0.457 e. The van der Waals surface area contributed by atoms with Crippen LogP contribution >= 0.6 is 15.9 Å². The summed E-state index contributed by atoms with van der Waals surface area (Å²) >= 11 is 3.27. The normalized spacial score (nSPS) is 17.6. The SMILES string of the molecule is CCCN1CCC(N(C)C(=O)c2ccoc2Br)CC1. The summed E-state index contributed by atoms with van der Waals surface area (Å²) in [6, 6.07) is 2.05. The van der Waals surface area contributed by atoms with E-state index in [1.165, 1.54) is 12.7 Å². The maximum Gasteiger partial charge on any atom is 0.258 e. The molecule has 0 atom stereocenters. The standard InChI is InChI=1S/C14H21BrN2O2/c1-3-7-17-8-4-11(5-9-17)16(2)14(18)12-6-10-19-13(12)15/h6,10-11H,3-5,7-9H2,1-2H3. The van der Waals surface area contributed by atoms with Crippen molar-refractivity contribution in [3.8, 4) is 0 Å². The average molecular weight is 329 g/mol. The van der Waals surface area contributed by atoms with Crippen molar-refractivity contribution in [2.45, 2.75) is 32.2 Å². The lowest BCUT2D eigenvalue weighted by atomic mass is 10.0. The summed E-state index contributed by atoms with van der Waals surface area (Å²) in [5.74, 6) is 0.0366. The van der Waals surface area contributed by atoms with Crippen LogP contribution in [-0.2, 0) is 0 Å². The molecule has 1 amide bonds. The molecule has 0 spiro atoms. The molecule has 1 fully saturated rings. The summed E-state index contributed by atoms with van der Waals surface area (Å²) in [5.41, 5.74) is 0.610. The van der Waals surface area contributed by atoms with Gasteiger partial charge in [0, 0.05) is 26.2 Å². The van der Waals surface area contributed by atoms with Gasteiger partial charge in [-0.25, -0.2) is 0 Å². The van der Waals surface area contributed by atoms with E-state index in [0.717, 1.165) is 32.5 Å². The minimum atomic E-state index is 0.0366. The predicted octanol–water partition coefficient (Wildman–Crippen LogP) is 2.99. The van der Waals surface area contributed by atoms with Crippen LogP contribution in [0, 0.1) is 0 Å². The fourth-order valence-electron chi connectivity index (χ4n) is 2.65. The Labute approximate surface area is 122 Å². The molecule has 1 saturated heterocycles. The van der Waals surface area contributed by atoms with Crippen LogP contribution in [0.1, 0.15) is 36.5 Å². The van der Waals surface area contributed by atoms with Crippen LogP contribution in [0.5, 0.6) is 0 Å². The predicted molar refractivity (Wildman–Crippen MR) is 78.3 cm³/mol. The van der Waals surface area contributed by atoms with Gasteiger partial charge >= 0.3 is 0 Å². The number of amides is 1. The summed E-state index contributed by atoms with van der Waals surface area (Å²) in [6.45, 7) is 5.54. The highest BCUT2D eigenvalue weighted by atomic mass is 79.9. The summed E-state index contributed by atoms with van der Waals surface area (Å²) in [5, 5.41) is 0. The summed E-state index contributed by atoms with van der Waals surface area (Å²) in [7, 11) is 1.89. The summed E-state index contributed by atoms with van der Waals surface area (Å²) < 4.78 is 5.65. The van der Waals surface area contributed by atoms with Crippen LogP contribution < -0.4 is 0 Å². The Kier molecular flexibility index (Phi) is 5.05. The third-order valence-electron chi connectivity index (χ3n) is 3.81. The summed E-state index contributed by atoms with van der Waals surface area (Å²) in [4.78, 5) is 16.7. The van der Waals surface area contributed by atoms with Crippen LogP contribution in [0.3, 0.4) is 0 Å². The molecule has 0 aliphatic carbocycles. The van der Waals surface area contributed by atoms with Crippen molar-refractivity contribution < 1.29 is 9.21 Å². The number of carbonyl (C=O) groups is 1. The number of hydrogen-bond acceptors (Lipinski definition) is 3. The van der Waals surface area contributed by atoms with Crippen molar-refractivity contribution in [3.63, 3.8) is 0 Å². The molecule has 1 aliphatic rings. The van der Waals surface area contributed by atoms with Crippen molar-refractivity contribution in [1.82, 2.24) is 9.80 Å². The van der Waals surface area contributed by atoms with Gasteiger partial charge < -0.3 is 14.2 Å². The van der Waals surface area contributed by atoms with Gasteiger partial charge in [0.1, 0.15) is 0 Å². The van der Waals surface area contributed by atoms with Gasteiger partial charge in [-0.2, -0.15) is 0 Å². The molecule has 106 valence electrons. The van der Waals surface area contributed by atoms with Crippen LogP contribution in [0.15, 0.2) is 21.4 Å². The number of nitrogens with zero attached hydrogens (tertiary/aromatic N) is 2. The molecule has 0 radical (unpaired) electrons. The molecule has 4 nitrogen and oxygen atoms in total. The second-order valence-corrected chi connectivity index (χ2v) is 5.82. The fourth-order valence-corrected chi connectivity index (χ4v) is 3.06. The quantitative estimate of drug-likeness (QED) is 0.852. The molecule has 0 aromatic carbocycles. The molecule has 0 bridgehead atoms. The lowest BCUT2D eigenvalue weighted by molar-refractivity contribution is 0.0641. The lowest BCUT2D eigenvalue weighted by Crippen LogP contribution is -2.45. The van der Waals surface area contributed by atoms with E-state index in [1.807, 2.05) is 11.9 Å². The molecule has 1 aliphatic heterocycles. The van der Waals surface area contributed by atoms with Crippen molar-refractivity contribution in [2.75, 3.05) is 26.7 Å². The van der Waals surface area contributed by atoms with Gasteiger partial charge in [0.05, 0.1) is 11.8 Å². The average Bonchev–Trinajstić information content (AvgIpc) is 2.84. The molecule has 0 saturated carbocycles. The summed E-state index contributed by atoms with van der Waals surface area (Å²) in [6.07, 6.45) is 4.84. The van der Waals surface area contributed by atoms with E-state index in [4.69, 9.17) is 4.42 Å². The van der Waals surface area contributed by atoms with Crippen LogP contribution in [-0.4, -0.2) is 48.4 Å². The van der Waals surface area contributed by atoms with E-state index in [9.17, 15) is 4.79 Å². The molecule has 0 unspecified atom stereocenters. The van der Waals surface area contributed by atoms with Gasteiger partial charge in [0.15, 0.2) is 4.67 Å². The number of likely N-dealkylation sites (tertiary alicyclic amines) is 1. The zero-order chi connectivity index (χ0) is 13.8. The smallest absolute Gasteiger partial charge is 0.258 e. The molecule has 19 heavy (non-hydrogen) atoms. The minimum Gasteiger partial charge on any atom is -0.457 e. The number of furan rings is 1. The number of hydrogen-bond donors (Lipinski definition) is 0. The third kappa shape index (κ3) is 3.39. The number of rotatable bonds is 4. The van der Waals surface area contributed by atoms with Crippen LogP contribution in [0.2, 0.25) is 0 Å². The van der Waals surface area contributed by atoms with Crippen molar-refractivity contribution >= 4 is 21.8 Å². The monoisotopic (exact) mass is 328 g/mol. The zero-order valence-electron chi connectivity index (χ0n) is 11.6. The van der Waals surface area contributed by atoms with E-state index in [2.05, 4.69) is 27.8 Å². The Morgan fingerprint density at radius 2 is 2.21 bits per heavy atom. The first kappa shape index (κ1) is 14.6. The van der Waals surface area contributed by atoms with Crippen LogP contribution in [0.25, 0.3) is 0 Å². The van der Waals surface area contributed by atoms with E-state index in [-0.39, 0.29) is 5.91 Å².